The number of anilines is 1. The summed E-state index contributed by atoms with van der Waals surface area (Å²) in [4.78, 5) is 23.9. The molecule has 1 heterocycles. The summed E-state index contributed by atoms with van der Waals surface area (Å²) in [6.07, 6.45) is 1.19. The lowest BCUT2D eigenvalue weighted by Gasteiger charge is -2.09. The number of rotatable bonds is 6. The molecule has 8 nitrogen and oxygen atoms in total. The number of nitrogens with one attached hydrogen (secondary N) is 2. The first-order valence-corrected chi connectivity index (χ1v) is 10.5. The van der Waals surface area contributed by atoms with Crippen molar-refractivity contribution in [2.24, 2.45) is 0 Å². The molecule has 12 heteroatoms. The van der Waals surface area contributed by atoms with Crippen LogP contribution in [0.5, 0.6) is 0 Å². The quantitative estimate of drug-likeness (QED) is 0.575. The first-order chi connectivity index (χ1) is 14.2. The van der Waals surface area contributed by atoms with Crippen molar-refractivity contribution in [2.45, 2.75) is 4.90 Å². The predicted octanol–water partition coefficient (Wildman–Crippen LogP) is 2.60. The minimum Gasteiger partial charge on any atom is -0.325 e. The van der Waals surface area contributed by atoms with Gasteiger partial charge in [-0.05, 0) is 48.5 Å². The van der Waals surface area contributed by atoms with E-state index in [1.54, 1.807) is 0 Å². The number of hydrogen-bond acceptors (Lipinski definition) is 5. The van der Waals surface area contributed by atoms with E-state index in [-0.39, 0.29) is 20.6 Å². The molecule has 2 N–H and O–H groups in total. The van der Waals surface area contributed by atoms with Crippen LogP contribution in [-0.2, 0) is 14.8 Å². The Morgan fingerprint density at radius 1 is 1.07 bits per heavy atom. The number of hydrogen-bond donors (Lipinski definition) is 2. The van der Waals surface area contributed by atoms with Crippen LogP contribution < -0.4 is 15.6 Å². The summed E-state index contributed by atoms with van der Waals surface area (Å²) in [6, 6.07) is 10.2. The van der Waals surface area contributed by atoms with E-state index in [1.807, 2.05) is 0 Å². The van der Waals surface area contributed by atoms with Gasteiger partial charge in [0.2, 0.25) is 15.9 Å². The lowest BCUT2D eigenvalue weighted by Crippen LogP contribution is -2.33. The molecule has 0 aliphatic heterocycles. The second kappa shape index (κ2) is 8.92. The standard InChI is InChI=1S/C18H13Cl2FN4O4S/c19-15-9-22-25(18(27)17(15)20)13-5-7-14(8-6-13)30(28,29)23-10-16(26)24-12-3-1-11(21)2-4-12/h1-9,23H,10H2,(H,24,26). The summed E-state index contributed by atoms with van der Waals surface area (Å²) in [5.41, 5.74) is -0.0635. The summed E-state index contributed by atoms with van der Waals surface area (Å²) < 4.78 is 40.8. The first kappa shape index (κ1) is 21.9. The normalized spacial score (nSPS) is 11.3. The maximum atomic E-state index is 12.9. The average Bonchev–Trinajstić information content (AvgIpc) is 2.73. The Labute approximate surface area is 180 Å². The van der Waals surface area contributed by atoms with Gasteiger partial charge in [0.25, 0.3) is 5.56 Å². The van der Waals surface area contributed by atoms with Gasteiger partial charge in [-0.25, -0.2) is 17.5 Å². The molecule has 1 aromatic heterocycles. The molecule has 30 heavy (non-hydrogen) atoms. The summed E-state index contributed by atoms with van der Waals surface area (Å²) in [5, 5.41) is 6.08. The van der Waals surface area contributed by atoms with E-state index in [1.165, 1.54) is 42.6 Å². The summed E-state index contributed by atoms with van der Waals surface area (Å²) in [7, 11) is -4.00. The fourth-order valence-corrected chi connectivity index (χ4v) is 3.58. The maximum absolute atomic E-state index is 12.9. The topological polar surface area (TPSA) is 110 Å². The van der Waals surface area contributed by atoms with Crippen molar-refractivity contribution in [2.75, 3.05) is 11.9 Å². The molecule has 156 valence electrons. The van der Waals surface area contributed by atoms with Gasteiger partial charge in [-0.15, -0.1) is 0 Å². The van der Waals surface area contributed by atoms with E-state index >= 15 is 0 Å². The van der Waals surface area contributed by atoms with Crippen LogP contribution in [-0.4, -0.2) is 30.7 Å². The monoisotopic (exact) mass is 470 g/mol. The van der Waals surface area contributed by atoms with Crippen molar-refractivity contribution < 1.29 is 17.6 Å². The number of sulfonamides is 1. The van der Waals surface area contributed by atoms with Crippen LogP contribution in [0.2, 0.25) is 10.0 Å². The molecular formula is C18H13Cl2FN4O4S. The van der Waals surface area contributed by atoms with E-state index in [4.69, 9.17) is 23.2 Å². The van der Waals surface area contributed by atoms with Crippen LogP contribution in [0.3, 0.4) is 0 Å². The van der Waals surface area contributed by atoms with Crippen molar-refractivity contribution in [3.05, 3.63) is 80.9 Å². The maximum Gasteiger partial charge on any atom is 0.291 e. The smallest absolute Gasteiger partial charge is 0.291 e. The van der Waals surface area contributed by atoms with Crippen LogP contribution in [0.4, 0.5) is 10.1 Å². The third-order valence-corrected chi connectivity index (χ3v) is 5.98. The fraction of sp³-hybridized carbons (Fsp3) is 0.0556. The Kier molecular flexibility index (Phi) is 6.52. The SMILES string of the molecule is O=C(CNS(=O)(=O)c1ccc(-n2ncc(Cl)c(Cl)c2=O)cc1)Nc1ccc(F)cc1. The van der Waals surface area contributed by atoms with E-state index in [0.29, 0.717) is 5.69 Å². The highest BCUT2D eigenvalue weighted by atomic mass is 35.5. The van der Waals surface area contributed by atoms with Gasteiger partial charge in [0.05, 0.1) is 28.3 Å². The largest absolute Gasteiger partial charge is 0.325 e. The van der Waals surface area contributed by atoms with Crippen molar-refractivity contribution >= 4 is 44.8 Å². The molecule has 0 atom stereocenters. The van der Waals surface area contributed by atoms with E-state index < -0.39 is 33.9 Å². The van der Waals surface area contributed by atoms with Crippen LogP contribution in [0.1, 0.15) is 0 Å². The zero-order valence-corrected chi connectivity index (χ0v) is 17.3. The minimum absolute atomic E-state index is 0.000212. The number of halogens is 3. The van der Waals surface area contributed by atoms with Gasteiger partial charge in [-0.2, -0.15) is 9.78 Å². The third kappa shape index (κ3) is 5.03. The zero-order valence-electron chi connectivity index (χ0n) is 15.0. The second-order valence-electron chi connectivity index (χ2n) is 5.90. The molecule has 0 saturated carbocycles. The van der Waals surface area contributed by atoms with Crippen LogP contribution in [0, 0.1) is 5.82 Å². The molecule has 3 rings (SSSR count). The Morgan fingerprint density at radius 2 is 1.70 bits per heavy atom. The third-order valence-electron chi connectivity index (χ3n) is 3.82. The van der Waals surface area contributed by atoms with Crippen molar-refractivity contribution in [3.8, 4) is 5.69 Å². The van der Waals surface area contributed by atoms with Crippen molar-refractivity contribution in [3.63, 3.8) is 0 Å². The zero-order chi connectivity index (χ0) is 21.9. The summed E-state index contributed by atoms with van der Waals surface area (Å²) in [5.74, 6) is -1.09. The average molecular weight is 471 g/mol. The highest BCUT2D eigenvalue weighted by molar-refractivity contribution is 7.89. The highest BCUT2D eigenvalue weighted by Crippen LogP contribution is 2.17. The molecule has 0 unspecified atom stereocenters. The fourth-order valence-electron chi connectivity index (χ4n) is 2.35. The van der Waals surface area contributed by atoms with Crippen LogP contribution in [0.25, 0.3) is 5.69 Å². The van der Waals surface area contributed by atoms with Crippen LogP contribution in [0.15, 0.2) is 64.4 Å². The minimum atomic E-state index is -4.00. The van der Waals surface area contributed by atoms with E-state index in [0.717, 1.165) is 16.8 Å². The molecule has 0 spiro atoms. The number of benzene rings is 2. The molecule has 0 radical (unpaired) electrons. The van der Waals surface area contributed by atoms with Crippen LogP contribution >= 0.6 is 23.2 Å². The molecule has 3 aromatic rings. The molecule has 0 saturated heterocycles. The first-order valence-electron chi connectivity index (χ1n) is 8.26. The number of carbonyl (C=O) groups is 1. The Balaban J connectivity index is 1.69. The Morgan fingerprint density at radius 3 is 2.33 bits per heavy atom. The number of carbonyl (C=O) groups excluding carboxylic acids is 1. The number of amides is 1. The van der Waals surface area contributed by atoms with Gasteiger partial charge in [-0.3, -0.25) is 9.59 Å². The van der Waals surface area contributed by atoms with Crippen molar-refractivity contribution in [1.29, 1.82) is 0 Å². The van der Waals surface area contributed by atoms with Gasteiger partial charge in [0.15, 0.2) is 0 Å². The van der Waals surface area contributed by atoms with Gasteiger partial charge in [0.1, 0.15) is 10.8 Å². The predicted molar refractivity (Wildman–Crippen MR) is 110 cm³/mol. The molecule has 2 aromatic carbocycles. The van der Waals surface area contributed by atoms with Gasteiger partial charge < -0.3 is 5.32 Å². The summed E-state index contributed by atoms with van der Waals surface area (Å²) in [6.45, 7) is -0.532. The highest BCUT2D eigenvalue weighted by Gasteiger charge is 2.16. The Bertz CT molecular complexity index is 1250. The molecule has 0 fully saturated rings. The van der Waals surface area contributed by atoms with Gasteiger partial charge >= 0.3 is 0 Å². The number of aromatic nitrogens is 2. The molecule has 0 aliphatic carbocycles. The molecule has 0 bridgehead atoms. The summed E-state index contributed by atoms with van der Waals surface area (Å²) >= 11 is 11.5. The lowest BCUT2D eigenvalue weighted by molar-refractivity contribution is -0.115. The van der Waals surface area contributed by atoms with Crippen molar-refractivity contribution in [1.82, 2.24) is 14.5 Å². The van der Waals surface area contributed by atoms with Gasteiger partial charge in [0, 0.05) is 5.69 Å². The second-order valence-corrected chi connectivity index (χ2v) is 8.45. The van der Waals surface area contributed by atoms with E-state index in [2.05, 4.69) is 15.1 Å². The molecular weight excluding hydrogens is 458 g/mol. The number of nitrogens with zero attached hydrogens (tertiary/aromatic N) is 2. The molecule has 0 aliphatic rings. The Hall–Kier alpha value is -2.79. The van der Waals surface area contributed by atoms with E-state index in [9.17, 15) is 22.4 Å². The lowest BCUT2D eigenvalue weighted by atomic mass is 10.3. The molecule has 1 amide bonds. The van der Waals surface area contributed by atoms with Gasteiger partial charge in [-0.1, -0.05) is 23.2 Å².